The summed E-state index contributed by atoms with van der Waals surface area (Å²) in [6, 6.07) is 7.10. The fourth-order valence-electron chi connectivity index (χ4n) is 1.81. The Hall–Kier alpha value is -1.07. The van der Waals surface area contributed by atoms with E-state index in [2.05, 4.69) is 0 Å². The molecule has 0 aliphatic carbocycles. The summed E-state index contributed by atoms with van der Waals surface area (Å²) in [6.07, 6.45) is 2.90. The van der Waals surface area contributed by atoms with Crippen molar-refractivity contribution in [3.8, 4) is 5.75 Å². The molecule has 0 aromatic heterocycles. The molecule has 0 saturated carbocycles. The minimum atomic E-state index is -3.48. The van der Waals surface area contributed by atoms with Gasteiger partial charge in [-0.2, -0.15) is 8.42 Å². The van der Waals surface area contributed by atoms with E-state index in [4.69, 9.17) is 8.92 Å². The zero-order valence-electron chi connectivity index (χ0n) is 9.05. The molecule has 1 saturated heterocycles. The van der Waals surface area contributed by atoms with Gasteiger partial charge in [0.2, 0.25) is 0 Å². The van der Waals surface area contributed by atoms with Gasteiger partial charge in [0, 0.05) is 12.2 Å². The maximum atomic E-state index is 11.1. The van der Waals surface area contributed by atoms with Gasteiger partial charge in [-0.25, -0.2) is 0 Å². The Morgan fingerprint density at radius 1 is 1.38 bits per heavy atom. The van der Waals surface area contributed by atoms with Crippen LogP contribution >= 0.6 is 0 Å². The third-order valence-corrected chi connectivity index (χ3v) is 2.92. The molecule has 88 valence electrons. The normalized spacial score (nSPS) is 20.9. The summed E-state index contributed by atoms with van der Waals surface area (Å²) in [7, 11) is -3.48. The fourth-order valence-corrected chi connectivity index (χ4v) is 2.29. The van der Waals surface area contributed by atoms with Gasteiger partial charge in [0.1, 0.15) is 5.75 Å². The standard InChI is InChI=1S/C11H14O4S/c1-16(12,13)15-11-6-3-2-5-9(11)10-7-4-8-14-10/h2-3,5-6,10H,4,7-8H2,1H3. The molecule has 1 aliphatic heterocycles. The van der Waals surface area contributed by atoms with Gasteiger partial charge in [-0.1, -0.05) is 18.2 Å². The van der Waals surface area contributed by atoms with Crippen molar-refractivity contribution in [1.29, 1.82) is 0 Å². The lowest BCUT2D eigenvalue weighted by Crippen LogP contribution is -2.09. The highest BCUT2D eigenvalue weighted by atomic mass is 32.2. The number of hydrogen-bond acceptors (Lipinski definition) is 4. The lowest BCUT2D eigenvalue weighted by Gasteiger charge is -2.14. The summed E-state index contributed by atoms with van der Waals surface area (Å²) in [5, 5.41) is 0. The molecule has 0 spiro atoms. The Kier molecular flexibility index (Phi) is 3.16. The average molecular weight is 242 g/mol. The molecule has 1 unspecified atom stereocenters. The molecule has 0 amide bonds. The summed E-state index contributed by atoms with van der Waals surface area (Å²) >= 11 is 0. The van der Waals surface area contributed by atoms with Crippen LogP contribution in [0.4, 0.5) is 0 Å². The van der Waals surface area contributed by atoms with E-state index in [0.717, 1.165) is 31.3 Å². The number of benzene rings is 1. The van der Waals surface area contributed by atoms with E-state index in [9.17, 15) is 8.42 Å². The van der Waals surface area contributed by atoms with Gasteiger partial charge in [0.05, 0.1) is 12.4 Å². The van der Waals surface area contributed by atoms with Crippen molar-refractivity contribution in [2.75, 3.05) is 12.9 Å². The third-order valence-electron chi connectivity index (χ3n) is 2.44. The molecule has 5 heteroatoms. The van der Waals surface area contributed by atoms with E-state index in [1.807, 2.05) is 12.1 Å². The van der Waals surface area contributed by atoms with Crippen LogP contribution in [0.25, 0.3) is 0 Å². The summed E-state index contributed by atoms with van der Waals surface area (Å²) < 4.78 is 32.7. The summed E-state index contributed by atoms with van der Waals surface area (Å²) in [4.78, 5) is 0. The monoisotopic (exact) mass is 242 g/mol. The molecule has 1 aromatic rings. The molecule has 0 radical (unpaired) electrons. The molecule has 1 aliphatic rings. The average Bonchev–Trinajstić information content (AvgIpc) is 2.69. The first-order valence-electron chi connectivity index (χ1n) is 5.16. The second-order valence-electron chi connectivity index (χ2n) is 3.83. The van der Waals surface area contributed by atoms with Crippen molar-refractivity contribution < 1.29 is 17.3 Å². The first kappa shape index (κ1) is 11.4. The molecular formula is C11H14O4S. The molecule has 0 N–H and O–H groups in total. The van der Waals surface area contributed by atoms with Crippen LogP contribution in [-0.2, 0) is 14.9 Å². The molecule has 1 heterocycles. The van der Waals surface area contributed by atoms with Gasteiger partial charge in [-0.15, -0.1) is 0 Å². The third kappa shape index (κ3) is 2.74. The number of hydrogen-bond donors (Lipinski definition) is 0. The smallest absolute Gasteiger partial charge is 0.306 e. The lowest BCUT2D eigenvalue weighted by atomic mass is 10.1. The molecule has 1 aromatic carbocycles. The topological polar surface area (TPSA) is 52.6 Å². The second kappa shape index (κ2) is 4.43. The van der Waals surface area contributed by atoms with Crippen LogP contribution in [0.1, 0.15) is 24.5 Å². The van der Waals surface area contributed by atoms with E-state index in [0.29, 0.717) is 5.75 Å². The molecule has 1 fully saturated rings. The Morgan fingerprint density at radius 3 is 2.75 bits per heavy atom. The molecular weight excluding hydrogens is 228 g/mol. The van der Waals surface area contributed by atoms with E-state index >= 15 is 0 Å². The minimum absolute atomic E-state index is 0.0436. The highest BCUT2D eigenvalue weighted by Gasteiger charge is 2.22. The Morgan fingerprint density at radius 2 is 2.12 bits per heavy atom. The van der Waals surface area contributed by atoms with Crippen LogP contribution in [0.3, 0.4) is 0 Å². The summed E-state index contributed by atoms with van der Waals surface area (Å²) in [5.41, 5.74) is 0.811. The van der Waals surface area contributed by atoms with Crippen molar-refractivity contribution in [3.63, 3.8) is 0 Å². The van der Waals surface area contributed by atoms with Crippen molar-refractivity contribution in [2.24, 2.45) is 0 Å². The van der Waals surface area contributed by atoms with Gasteiger partial charge in [-0.05, 0) is 18.9 Å². The van der Waals surface area contributed by atoms with Crippen LogP contribution in [0.15, 0.2) is 24.3 Å². The Bertz CT molecular complexity index is 461. The van der Waals surface area contributed by atoms with Gasteiger partial charge in [0.25, 0.3) is 0 Å². The summed E-state index contributed by atoms with van der Waals surface area (Å²) in [6.45, 7) is 0.720. The molecule has 4 nitrogen and oxygen atoms in total. The van der Waals surface area contributed by atoms with Crippen LogP contribution < -0.4 is 4.18 Å². The van der Waals surface area contributed by atoms with Gasteiger partial charge >= 0.3 is 10.1 Å². The van der Waals surface area contributed by atoms with E-state index in [-0.39, 0.29) is 6.10 Å². The first-order valence-corrected chi connectivity index (χ1v) is 6.98. The minimum Gasteiger partial charge on any atom is -0.382 e. The van der Waals surface area contributed by atoms with Crippen molar-refractivity contribution in [3.05, 3.63) is 29.8 Å². The van der Waals surface area contributed by atoms with Crippen molar-refractivity contribution >= 4 is 10.1 Å². The zero-order valence-corrected chi connectivity index (χ0v) is 9.87. The molecule has 2 rings (SSSR count). The lowest BCUT2D eigenvalue weighted by molar-refractivity contribution is 0.110. The van der Waals surface area contributed by atoms with Gasteiger partial charge in [0.15, 0.2) is 0 Å². The number of rotatable bonds is 3. The summed E-state index contributed by atoms with van der Waals surface area (Å²) in [5.74, 6) is 0.372. The Labute approximate surface area is 95.3 Å². The Balaban J connectivity index is 2.30. The number of ether oxygens (including phenoxy) is 1. The van der Waals surface area contributed by atoms with Crippen LogP contribution in [0.2, 0.25) is 0 Å². The molecule has 16 heavy (non-hydrogen) atoms. The molecule has 1 atom stereocenters. The first-order chi connectivity index (χ1) is 7.56. The van der Waals surface area contributed by atoms with Crippen LogP contribution in [0.5, 0.6) is 5.75 Å². The van der Waals surface area contributed by atoms with Crippen LogP contribution in [-0.4, -0.2) is 21.3 Å². The second-order valence-corrected chi connectivity index (χ2v) is 5.40. The maximum Gasteiger partial charge on any atom is 0.306 e. The SMILES string of the molecule is CS(=O)(=O)Oc1ccccc1C1CCCO1. The highest BCUT2D eigenvalue weighted by molar-refractivity contribution is 7.86. The quantitative estimate of drug-likeness (QED) is 0.759. The molecule has 0 bridgehead atoms. The van der Waals surface area contributed by atoms with E-state index in [1.54, 1.807) is 12.1 Å². The van der Waals surface area contributed by atoms with Crippen molar-refractivity contribution in [2.45, 2.75) is 18.9 Å². The predicted octanol–water partition coefficient (Wildman–Crippen LogP) is 1.88. The van der Waals surface area contributed by atoms with Crippen molar-refractivity contribution in [1.82, 2.24) is 0 Å². The fraction of sp³-hybridized carbons (Fsp3) is 0.455. The number of para-hydroxylation sites is 1. The highest BCUT2D eigenvalue weighted by Crippen LogP contribution is 2.34. The van der Waals surface area contributed by atoms with E-state index in [1.165, 1.54) is 0 Å². The predicted molar refractivity (Wildman–Crippen MR) is 59.8 cm³/mol. The van der Waals surface area contributed by atoms with Gasteiger partial charge < -0.3 is 8.92 Å². The largest absolute Gasteiger partial charge is 0.382 e. The van der Waals surface area contributed by atoms with Crippen LogP contribution in [0, 0.1) is 0 Å². The maximum absolute atomic E-state index is 11.1. The zero-order chi connectivity index (χ0) is 11.6. The van der Waals surface area contributed by atoms with E-state index < -0.39 is 10.1 Å². The van der Waals surface area contributed by atoms with Gasteiger partial charge in [-0.3, -0.25) is 0 Å².